The molecule has 0 saturated carbocycles. The molecule has 92 valence electrons. The zero-order valence-electron chi connectivity index (χ0n) is 9.43. The van der Waals surface area contributed by atoms with Gasteiger partial charge in [-0.1, -0.05) is 6.92 Å². The third kappa shape index (κ3) is 3.29. The molecule has 0 aliphatic carbocycles. The van der Waals surface area contributed by atoms with Crippen LogP contribution in [0.2, 0.25) is 0 Å². The highest BCUT2D eigenvalue weighted by molar-refractivity contribution is 7.86. The van der Waals surface area contributed by atoms with Crippen LogP contribution in [0.1, 0.15) is 13.3 Å². The van der Waals surface area contributed by atoms with E-state index in [0.29, 0.717) is 25.7 Å². The summed E-state index contributed by atoms with van der Waals surface area (Å²) in [7, 11) is 0.273. The van der Waals surface area contributed by atoms with Gasteiger partial charge in [0, 0.05) is 32.7 Å². The Balaban J connectivity index is 0.00000196. The number of nitrogens with one attached hydrogen (secondary N) is 1. The molecule has 0 aromatic carbocycles. The van der Waals surface area contributed by atoms with E-state index in [4.69, 9.17) is 0 Å². The van der Waals surface area contributed by atoms with Gasteiger partial charge in [-0.05, 0) is 13.5 Å². The van der Waals surface area contributed by atoms with Crippen molar-refractivity contribution < 1.29 is 8.42 Å². The average molecular weight is 258 g/mol. The van der Waals surface area contributed by atoms with Gasteiger partial charge >= 0.3 is 0 Å². The second kappa shape index (κ2) is 6.00. The highest BCUT2D eigenvalue weighted by Crippen LogP contribution is 2.15. The molecule has 0 radical (unpaired) electrons. The van der Waals surface area contributed by atoms with E-state index in [1.807, 2.05) is 14.0 Å². The lowest BCUT2D eigenvalue weighted by Crippen LogP contribution is -2.41. The number of halogens is 1. The molecule has 1 aliphatic heterocycles. The van der Waals surface area contributed by atoms with Crippen LogP contribution in [0.25, 0.3) is 0 Å². The fourth-order valence-electron chi connectivity index (χ4n) is 1.53. The molecular formula is C8H20ClN3O2S. The summed E-state index contributed by atoms with van der Waals surface area (Å²) in [5.41, 5.74) is 0. The predicted molar refractivity (Wildman–Crippen MR) is 63.5 cm³/mol. The Morgan fingerprint density at radius 1 is 1.53 bits per heavy atom. The SMILES string of the molecule is CCN(C)S(=O)(=O)N1CCC(NC)C1.Cl. The first-order valence-electron chi connectivity index (χ1n) is 4.91. The zero-order valence-corrected chi connectivity index (χ0v) is 11.1. The van der Waals surface area contributed by atoms with Crippen molar-refractivity contribution >= 4 is 22.6 Å². The van der Waals surface area contributed by atoms with Crippen molar-refractivity contribution in [2.24, 2.45) is 0 Å². The summed E-state index contributed by atoms with van der Waals surface area (Å²) in [4.78, 5) is 0. The van der Waals surface area contributed by atoms with Crippen molar-refractivity contribution in [2.75, 3.05) is 33.7 Å². The van der Waals surface area contributed by atoms with Gasteiger partial charge < -0.3 is 5.32 Å². The summed E-state index contributed by atoms with van der Waals surface area (Å²) in [6.07, 6.45) is 0.896. The van der Waals surface area contributed by atoms with Gasteiger partial charge in [0.1, 0.15) is 0 Å². The summed E-state index contributed by atoms with van der Waals surface area (Å²) < 4.78 is 26.6. The van der Waals surface area contributed by atoms with Crippen molar-refractivity contribution in [3.63, 3.8) is 0 Å². The second-order valence-corrected chi connectivity index (χ2v) is 5.59. The van der Waals surface area contributed by atoms with Crippen molar-refractivity contribution in [1.29, 1.82) is 0 Å². The molecule has 5 nitrogen and oxygen atoms in total. The number of rotatable bonds is 4. The van der Waals surface area contributed by atoms with Gasteiger partial charge in [0.2, 0.25) is 0 Å². The van der Waals surface area contributed by atoms with Crippen LogP contribution < -0.4 is 5.32 Å². The molecule has 1 N–H and O–H groups in total. The van der Waals surface area contributed by atoms with Crippen LogP contribution in [-0.4, -0.2) is 56.8 Å². The van der Waals surface area contributed by atoms with Gasteiger partial charge in [-0.15, -0.1) is 12.4 Å². The van der Waals surface area contributed by atoms with Gasteiger partial charge in [-0.2, -0.15) is 17.0 Å². The first kappa shape index (κ1) is 15.1. The Hall–Kier alpha value is 0.120. The topological polar surface area (TPSA) is 52.7 Å². The van der Waals surface area contributed by atoms with Crippen molar-refractivity contribution in [3.8, 4) is 0 Å². The lowest BCUT2D eigenvalue weighted by molar-refractivity contribution is 0.397. The molecule has 1 aliphatic rings. The molecule has 0 amide bonds. The normalized spacial score (nSPS) is 23.1. The van der Waals surface area contributed by atoms with E-state index in [0.717, 1.165) is 6.42 Å². The van der Waals surface area contributed by atoms with Gasteiger partial charge in [0.15, 0.2) is 0 Å². The maximum Gasteiger partial charge on any atom is 0.281 e. The molecule has 1 saturated heterocycles. The van der Waals surface area contributed by atoms with E-state index in [9.17, 15) is 8.42 Å². The lowest BCUT2D eigenvalue weighted by atomic mass is 10.3. The minimum Gasteiger partial charge on any atom is -0.316 e. The maximum atomic E-state index is 11.8. The molecule has 0 bridgehead atoms. The quantitative estimate of drug-likeness (QED) is 0.765. The summed E-state index contributed by atoms with van der Waals surface area (Å²) >= 11 is 0. The van der Waals surface area contributed by atoms with Crippen LogP contribution in [0.3, 0.4) is 0 Å². The van der Waals surface area contributed by atoms with Crippen LogP contribution in [0.4, 0.5) is 0 Å². The average Bonchev–Trinajstić information content (AvgIpc) is 2.65. The minimum atomic E-state index is -3.21. The standard InChI is InChI=1S/C8H19N3O2S.ClH/c1-4-10(3)14(12,13)11-6-5-8(7-11)9-2;/h8-9H,4-7H2,1-3H3;1H. The third-order valence-electron chi connectivity index (χ3n) is 2.72. The molecular weight excluding hydrogens is 238 g/mol. The summed E-state index contributed by atoms with van der Waals surface area (Å²) in [6, 6.07) is 0.301. The molecule has 15 heavy (non-hydrogen) atoms. The minimum absolute atomic E-state index is 0. The van der Waals surface area contributed by atoms with Crippen molar-refractivity contribution in [2.45, 2.75) is 19.4 Å². The van der Waals surface area contributed by atoms with Gasteiger partial charge in [0.05, 0.1) is 0 Å². The first-order chi connectivity index (χ1) is 6.52. The van der Waals surface area contributed by atoms with Crippen LogP contribution >= 0.6 is 12.4 Å². The van der Waals surface area contributed by atoms with Crippen molar-refractivity contribution in [3.05, 3.63) is 0 Å². The van der Waals surface area contributed by atoms with Gasteiger partial charge in [-0.3, -0.25) is 0 Å². The summed E-state index contributed by atoms with van der Waals surface area (Å²) in [6.45, 7) is 3.56. The van der Waals surface area contributed by atoms with E-state index < -0.39 is 10.2 Å². The van der Waals surface area contributed by atoms with E-state index in [1.54, 1.807) is 7.05 Å². The third-order valence-corrected chi connectivity index (χ3v) is 4.75. The Morgan fingerprint density at radius 3 is 2.53 bits per heavy atom. The molecule has 7 heteroatoms. The van der Waals surface area contributed by atoms with Crippen molar-refractivity contribution in [1.82, 2.24) is 13.9 Å². The van der Waals surface area contributed by atoms with Gasteiger partial charge in [0.25, 0.3) is 10.2 Å². The molecule has 0 aromatic heterocycles. The Bertz CT molecular complexity index is 284. The molecule has 0 spiro atoms. The number of hydrogen-bond donors (Lipinski definition) is 1. The maximum absolute atomic E-state index is 11.8. The van der Waals surface area contributed by atoms with Crippen LogP contribution in [0.5, 0.6) is 0 Å². The Labute approximate surface area is 98.4 Å². The fraction of sp³-hybridized carbons (Fsp3) is 1.00. The number of likely N-dealkylation sites (N-methyl/N-ethyl adjacent to an activating group) is 1. The number of nitrogens with zero attached hydrogens (tertiary/aromatic N) is 2. The monoisotopic (exact) mass is 257 g/mol. The predicted octanol–water partition coefficient (Wildman–Crippen LogP) is -0.102. The molecule has 1 fully saturated rings. The smallest absolute Gasteiger partial charge is 0.281 e. The first-order valence-corrected chi connectivity index (χ1v) is 6.30. The molecule has 1 atom stereocenters. The molecule has 1 unspecified atom stereocenters. The van der Waals surface area contributed by atoms with Crippen LogP contribution in [-0.2, 0) is 10.2 Å². The van der Waals surface area contributed by atoms with E-state index in [-0.39, 0.29) is 12.4 Å². The van der Waals surface area contributed by atoms with Crippen LogP contribution in [0, 0.1) is 0 Å². The molecule has 1 heterocycles. The second-order valence-electron chi connectivity index (χ2n) is 3.55. The van der Waals surface area contributed by atoms with E-state index >= 15 is 0 Å². The summed E-state index contributed by atoms with van der Waals surface area (Å²) in [5.74, 6) is 0. The molecule has 1 rings (SSSR count). The Morgan fingerprint density at radius 2 is 2.13 bits per heavy atom. The Kier molecular flexibility index (Phi) is 6.05. The number of hydrogen-bond acceptors (Lipinski definition) is 3. The lowest BCUT2D eigenvalue weighted by Gasteiger charge is -2.22. The zero-order chi connectivity index (χ0) is 10.8. The highest BCUT2D eigenvalue weighted by Gasteiger charge is 2.32. The largest absolute Gasteiger partial charge is 0.316 e. The van der Waals surface area contributed by atoms with E-state index in [2.05, 4.69) is 5.32 Å². The van der Waals surface area contributed by atoms with Crippen LogP contribution in [0.15, 0.2) is 0 Å². The molecule has 0 aromatic rings. The summed E-state index contributed by atoms with van der Waals surface area (Å²) in [5, 5.41) is 3.10. The highest BCUT2D eigenvalue weighted by atomic mass is 35.5. The van der Waals surface area contributed by atoms with Gasteiger partial charge in [-0.25, -0.2) is 0 Å². The van der Waals surface area contributed by atoms with E-state index in [1.165, 1.54) is 8.61 Å². The fourth-order valence-corrected chi connectivity index (χ4v) is 2.96.